The largest absolute Gasteiger partial charge is 0.226 e. The Labute approximate surface area is 118 Å². The van der Waals surface area contributed by atoms with E-state index in [2.05, 4.69) is 36.4 Å². The van der Waals surface area contributed by atoms with Gasteiger partial charge in [0.25, 0.3) is 0 Å². The average Bonchev–Trinajstić information content (AvgIpc) is 2.97. The number of benzene rings is 1. The normalized spacial score (nSPS) is 10.9. The Morgan fingerprint density at radius 1 is 1.21 bits per heavy atom. The highest BCUT2D eigenvalue weighted by molar-refractivity contribution is 9.10. The Morgan fingerprint density at radius 2 is 2.00 bits per heavy atom. The molecule has 0 aliphatic rings. The van der Waals surface area contributed by atoms with Crippen molar-refractivity contribution in [2.24, 2.45) is 7.05 Å². The molecule has 0 radical (unpaired) electrons. The summed E-state index contributed by atoms with van der Waals surface area (Å²) in [6, 6.07) is 8.04. The summed E-state index contributed by atoms with van der Waals surface area (Å²) in [6.07, 6.45) is 1.73. The van der Waals surface area contributed by atoms with Gasteiger partial charge in [-0.05, 0) is 39.7 Å². The lowest BCUT2D eigenvalue weighted by molar-refractivity contribution is 0.630. The van der Waals surface area contributed by atoms with E-state index in [1.807, 2.05) is 35.9 Å². The van der Waals surface area contributed by atoms with Crippen LogP contribution in [-0.2, 0) is 7.05 Å². The molecule has 2 aromatic heterocycles. The van der Waals surface area contributed by atoms with Crippen molar-refractivity contribution in [2.45, 2.75) is 6.92 Å². The summed E-state index contributed by atoms with van der Waals surface area (Å²) < 4.78 is 2.64. The van der Waals surface area contributed by atoms with E-state index in [0.717, 1.165) is 21.4 Å². The Morgan fingerprint density at radius 3 is 2.68 bits per heavy atom. The zero-order valence-corrected chi connectivity index (χ0v) is 12.0. The molecule has 0 saturated carbocycles. The third kappa shape index (κ3) is 2.06. The summed E-state index contributed by atoms with van der Waals surface area (Å²) in [5.74, 6) is 0.550. The molecule has 0 bridgehead atoms. The Balaban J connectivity index is 2.12. The number of aromatic nitrogens is 6. The second-order valence-corrected chi connectivity index (χ2v) is 4.90. The third-order valence-corrected chi connectivity index (χ3v) is 3.57. The third-order valence-electron chi connectivity index (χ3n) is 2.80. The molecule has 19 heavy (non-hydrogen) atoms. The van der Waals surface area contributed by atoms with E-state index < -0.39 is 0 Å². The fraction of sp³-hybridized carbons (Fsp3) is 0.167. The lowest BCUT2D eigenvalue weighted by Gasteiger charge is -2.06. The van der Waals surface area contributed by atoms with Crippen molar-refractivity contribution in [3.8, 4) is 17.1 Å². The van der Waals surface area contributed by atoms with Gasteiger partial charge in [0.05, 0.1) is 24.5 Å². The molecule has 3 aromatic rings. The zero-order chi connectivity index (χ0) is 13.4. The van der Waals surface area contributed by atoms with E-state index in [1.54, 1.807) is 13.2 Å². The summed E-state index contributed by atoms with van der Waals surface area (Å²) in [5.41, 5.74) is 2.98. The van der Waals surface area contributed by atoms with Crippen LogP contribution in [0.5, 0.6) is 0 Å². The first-order valence-electron chi connectivity index (χ1n) is 5.70. The summed E-state index contributed by atoms with van der Waals surface area (Å²) >= 11 is 3.55. The minimum Gasteiger partial charge on any atom is -0.226 e. The predicted molar refractivity (Wildman–Crippen MR) is 73.8 cm³/mol. The van der Waals surface area contributed by atoms with Crippen molar-refractivity contribution in [3.05, 3.63) is 40.6 Å². The van der Waals surface area contributed by atoms with Crippen LogP contribution in [0.4, 0.5) is 0 Å². The minimum atomic E-state index is 0.550. The van der Waals surface area contributed by atoms with Crippen LogP contribution in [0.3, 0.4) is 0 Å². The summed E-state index contributed by atoms with van der Waals surface area (Å²) in [4.78, 5) is 1.42. The zero-order valence-electron chi connectivity index (χ0n) is 10.4. The van der Waals surface area contributed by atoms with Gasteiger partial charge in [0.15, 0.2) is 0 Å². The van der Waals surface area contributed by atoms with Crippen LogP contribution in [0.25, 0.3) is 17.1 Å². The molecule has 0 spiro atoms. The molecule has 0 atom stereocenters. The van der Waals surface area contributed by atoms with Crippen LogP contribution >= 0.6 is 15.9 Å². The second-order valence-electron chi connectivity index (χ2n) is 4.15. The van der Waals surface area contributed by atoms with Crippen molar-refractivity contribution in [3.63, 3.8) is 0 Å². The summed E-state index contributed by atoms with van der Waals surface area (Å²) in [7, 11) is 1.73. The Hall–Kier alpha value is -2.02. The quantitative estimate of drug-likeness (QED) is 0.726. The van der Waals surface area contributed by atoms with E-state index in [9.17, 15) is 0 Å². The molecule has 0 N–H and O–H groups in total. The summed E-state index contributed by atoms with van der Waals surface area (Å²) in [5, 5.41) is 16.4. The van der Waals surface area contributed by atoms with Crippen LogP contribution < -0.4 is 0 Å². The van der Waals surface area contributed by atoms with Gasteiger partial charge in [0.2, 0.25) is 5.82 Å². The first-order chi connectivity index (χ1) is 9.16. The van der Waals surface area contributed by atoms with Crippen LogP contribution in [0.15, 0.2) is 35.1 Å². The highest BCUT2D eigenvalue weighted by Crippen LogP contribution is 2.28. The maximum atomic E-state index is 4.39. The van der Waals surface area contributed by atoms with E-state index in [1.165, 1.54) is 4.80 Å². The lowest BCUT2D eigenvalue weighted by Crippen LogP contribution is -1.99. The molecule has 6 nitrogen and oxygen atoms in total. The smallest absolute Gasteiger partial charge is 0.209 e. The van der Waals surface area contributed by atoms with Gasteiger partial charge in [0, 0.05) is 0 Å². The monoisotopic (exact) mass is 318 g/mol. The van der Waals surface area contributed by atoms with Crippen LogP contribution in [-0.4, -0.2) is 30.0 Å². The van der Waals surface area contributed by atoms with Gasteiger partial charge in [0.1, 0.15) is 4.60 Å². The molecule has 0 amide bonds. The van der Waals surface area contributed by atoms with Crippen molar-refractivity contribution < 1.29 is 0 Å². The van der Waals surface area contributed by atoms with Gasteiger partial charge in [-0.2, -0.15) is 9.90 Å². The highest BCUT2D eigenvalue weighted by Gasteiger charge is 2.16. The number of hydrogen-bond acceptors (Lipinski definition) is 4. The van der Waals surface area contributed by atoms with Crippen LogP contribution in [0, 0.1) is 6.92 Å². The first kappa shape index (κ1) is 12.0. The molecule has 0 fully saturated rings. The highest BCUT2D eigenvalue weighted by atomic mass is 79.9. The Bertz CT molecular complexity index is 729. The van der Waals surface area contributed by atoms with Crippen molar-refractivity contribution in [1.82, 2.24) is 30.0 Å². The molecular weight excluding hydrogens is 308 g/mol. The lowest BCUT2D eigenvalue weighted by atomic mass is 10.2. The van der Waals surface area contributed by atoms with Gasteiger partial charge < -0.3 is 0 Å². The number of rotatable bonds is 2. The van der Waals surface area contributed by atoms with Gasteiger partial charge in [-0.25, -0.2) is 4.68 Å². The standard InChI is InChI=1S/C12H11BrN6/c1-8-5-3-4-6-10(8)19-11(13)9(7-14-19)12-15-17-18(2)16-12/h3-7H,1-2H3. The van der Waals surface area contributed by atoms with E-state index in [0.29, 0.717) is 5.82 Å². The molecule has 2 heterocycles. The maximum absolute atomic E-state index is 4.39. The molecule has 96 valence electrons. The number of tetrazole rings is 1. The molecule has 3 rings (SSSR count). The number of hydrogen-bond donors (Lipinski definition) is 0. The molecular formula is C12H11BrN6. The summed E-state index contributed by atoms with van der Waals surface area (Å²) in [6.45, 7) is 2.05. The molecule has 0 saturated heterocycles. The average molecular weight is 319 g/mol. The molecule has 0 aliphatic heterocycles. The molecule has 7 heteroatoms. The van der Waals surface area contributed by atoms with E-state index in [-0.39, 0.29) is 0 Å². The fourth-order valence-electron chi connectivity index (χ4n) is 1.84. The minimum absolute atomic E-state index is 0.550. The predicted octanol–water partition coefficient (Wildman–Crippen LogP) is 2.13. The Kier molecular flexibility index (Phi) is 2.90. The second kappa shape index (κ2) is 4.58. The molecule has 0 aliphatic carbocycles. The van der Waals surface area contributed by atoms with Crippen molar-refractivity contribution in [2.75, 3.05) is 0 Å². The van der Waals surface area contributed by atoms with Gasteiger partial charge in [-0.3, -0.25) is 0 Å². The number of halogens is 1. The maximum Gasteiger partial charge on any atom is 0.209 e. The van der Waals surface area contributed by atoms with Gasteiger partial charge >= 0.3 is 0 Å². The van der Waals surface area contributed by atoms with Crippen molar-refractivity contribution >= 4 is 15.9 Å². The van der Waals surface area contributed by atoms with Crippen LogP contribution in [0.2, 0.25) is 0 Å². The molecule has 1 aromatic carbocycles. The van der Waals surface area contributed by atoms with Gasteiger partial charge in [-0.15, -0.1) is 10.2 Å². The fourth-order valence-corrected chi connectivity index (χ4v) is 2.41. The first-order valence-corrected chi connectivity index (χ1v) is 6.50. The SMILES string of the molecule is Cc1ccccc1-n1ncc(-c2nnn(C)n2)c1Br. The van der Waals surface area contributed by atoms with E-state index >= 15 is 0 Å². The van der Waals surface area contributed by atoms with E-state index in [4.69, 9.17) is 0 Å². The number of nitrogens with zero attached hydrogens (tertiary/aromatic N) is 6. The van der Waals surface area contributed by atoms with Crippen LogP contribution in [0.1, 0.15) is 5.56 Å². The topological polar surface area (TPSA) is 61.4 Å². The van der Waals surface area contributed by atoms with Gasteiger partial charge in [-0.1, -0.05) is 18.2 Å². The van der Waals surface area contributed by atoms with Crippen molar-refractivity contribution in [1.29, 1.82) is 0 Å². The number of aryl methyl sites for hydroxylation is 2. The molecule has 0 unspecified atom stereocenters. The number of para-hydroxylation sites is 1.